The van der Waals surface area contributed by atoms with Gasteiger partial charge >= 0.3 is 0 Å². The number of nitrogens with zero attached hydrogens (tertiary/aromatic N) is 5. The highest BCUT2D eigenvalue weighted by molar-refractivity contribution is 5.92. The molecular formula is C21H23N7O. The van der Waals surface area contributed by atoms with E-state index in [0.29, 0.717) is 11.7 Å². The molecule has 148 valence electrons. The predicted octanol–water partition coefficient (Wildman–Crippen LogP) is 2.99. The van der Waals surface area contributed by atoms with Gasteiger partial charge in [-0.25, -0.2) is 9.97 Å². The lowest BCUT2D eigenvalue weighted by Gasteiger charge is -2.31. The minimum atomic E-state index is 0.0108. The lowest BCUT2D eigenvalue weighted by atomic mass is 9.96. The van der Waals surface area contributed by atoms with E-state index < -0.39 is 0 Å². The van der Waals surface area contributed by atoms with E-state index >= 15 is 0 Å². The summed E-state index contributed by atoms with van der Waals surface area (Å²) in [7, 11) is 0. The van der Waals surface area contributed by atoms with Crippen molar-refractivity contribution in [1.82, 2.24) is 25.1 Å². The summed E-state index contributed by atoms with van der Waals surface area (Å²) in [6.45, 7) is 1.62. The van der Waals surface area contributed by atoms with Gasteiger partial charge in [-0.05, 0) is 49.9 Å². The van der Waals surface area contributed by atoms with E-state index in [9.17, 15) is 4.79 Å². The number of piperidine rings is 1. The van der Waals surface area contributed by atoms with Crippen LogP contribution in [-0.2, 0) is 4.79 Å². The second-order valence-corrected chi connectivity index (χ2v) is 7.71. The van der Waals surface area contributed by atoms with Crippen LogP contribution in [0.2, 0.25) is 0 Å². The largest absolute Gasteiger partial charge is 0.355 e. The number of aromatic nitrogens is 5. The predicted molar refractivity (Wildman–Crippen MR) is 109 cm³/mol. The molecule has 2 N–H and O–H groups in total. The van der Waals surface area contributed by atoms with Gasteiger partial charge in [0.15, 0.2) is 5.82 Å². The molecule has 0 radical (unpaired) electrons. The first-order valence-electron chi connectivity index (χ1n) is 10.1. The van der Waals surface area contributed by atoms with Crippen LogP contribution in [0.25, 0.3) is 11.4 Å². The summed E-state index contributed by atoms with van der Waals surface area (Å²) in [5.41, 5.74) is 1.75. The van der Waals surface area contributed by atoms with Crippen LogP contribution in [0.5, 0.6) is 0 Å². The van der Waals surface area contributed by atoms with E-state index in [1.165, 1.54) is 12.8 Å². The highest BCUT2D eigenvalue weighted by atomic mass is 16.1. The van der Waals surface area contributed by atoms with Crippen molar-refractivity contribution in [3.63, 3.8) is 0 Å². The second kappa shape index (κ2) is 7.62. The Balaban J connectivity index is 1.17. The normalized spacial score (nSPS) is 17.3. The fraction of sp³-hybridized carbons (Fsp3) is 0.381. The molecule has 3 heterocycles. The van der Waals surface area contributed by atoms with Crippen LogP contribution in [0.3, 0.4) is 0 Å². The fourth-order valence-corrected chi connectivity index (χ4v) is 3.72. The molecule has 3 aromatic rings. The molecule has 29 heavy (non-hydrogen) atoms. The Morgan fingerprint density at radius 3 is 2.55 bits per heavy atom. The Bertz CT molecular complexity index is 974. The number of rotatable bonds is 5. The van der Waals surface area contributed by atoms with E-state index in [-0.39, 0.29) is 11.8 Å². The summed E-state index contributed by atoms with van der Waals surface area (Å²) in [5.74, 6) is 3.20. The number of anilines is 2. The van der Waals surface area contributed by atoms with Crippen molar-refractivity contribution in [2.45, 2.75) is 31.6 Å². The van der Waals surface area contributed by atoms with E-state index in [2.05, 4.69) is 35.4 Å². The highest BCUT2D eigenvalue weighted by Gasteiger charge is 2.27. The van der Waals surface area contributed by atoms with Gasteiger partial charge in [0.2, 0.25) is 5.91 Å². The maximum atomic E-state index is 12.7. The molecule has 0 bridgehead atoms. The first-order valence-corrected chi connectivity index (χ1v) is 10.1. The third kappa shape index (κ3) is 3.96. The second-order valence-electron chi connectivity index (χ2n) is 7.71. The molecule has 1 aliphatic heterocycles. The van der Waals surface area contributed by atoms with Gasteiger partial charge in [-0.1, -0.05) is 0 Å². The van der Waals surface area contributed by atoms with Gasteiger partial charge in [-0.3, -0.25) is 14.9 Å². The van der Waals surface area contributed by atoms with E-state index in [1.807, 2.05) is 24.3 Å². The minimum Gasteiger partial charge on any atom is -0.355 e. The average molecular weight is 389 g/mol. The molecule has 0 atom stereocenters. The lowest BCUT2D eigenvalue weighted by Crippen LogP contribution is -2.38. The van der Waals surface area contributed by atoms with Crippen LogP contribution in [-0.4, -0.2) is 44.1 Å². The molecule has 1 aromatic carbocycles. The molecule has 2 fully saturated rings. The van der Waals surface area contributed by atoms with Crippen LogP contribution < -0.4 is 10.2 Å². The summed E-state index contributed by atoms with van der Waals surface area (Å²) in [6, 6.07) is 7.72. The third-order valence-corrected chi connectivity index (χ3v) is 5.62. The summed E-state index contributed by atoms with van der Waals surface area (Å²) in [4.78, 5) is 27.9. The van der Waals surface area contributed by atoms with Crippen molar-refractivity contribution in [2.75, 3.05) is 23.3 Å². The Labute approximate surface area is 168 Å². The standard InChI is InChI=1S/C21H23N7O/c29-21(16-7-11-28(12-8-16)18-13-22-9-10-23-18)24-17-5-3-15(4-6-17)20-25-19(26-27-20)14-1-2-14/h3-6,9-10,13-14,16H,1-2,7-8,11-12H2,(H,24,29)(H,25,26,27). The van der Waals surface area contributed by atoms with Gasteiger partial charge in [-0.2, -0.15) is 5.10 Å². The van der Waals surface area contributed by atoms with Gasteiger partial charge in [0.25, 0.3) is 0 Å². The molecule has 1 saturated heterocycles. The van der Waals surface area contributed by atoms with E-state index in [1.54, 1.807) is 18.6 Å². The smallest absolute Gasteiger partial charge is 0.227 e. The van der Waals surface area contributed by atoms with Crippen LogP contribution in [0.1, 0.15) is 37.4 Å². The molecule has 8 heteroatoms. The fourth-order valence-electron chi connectivity index (χ4n) is 3.72. The Morgan fingerprint density at radius 2 is 1.86 bits per heavy atom. The summed E-state index contributed by atoms with van der Waals surface area (Å²) in [6.07, 6.45) is 9.13. The number of amides is 1. The topological polar surface area (TPSA) is 99.7 Å². The van der Waals surface area contributed by atoms with Crippen LogP contribution in [0.15, 0.2) is 42.9 Å². The summed E-state index contributed by atoms with van der Waals surface area (Å²) < 4.78 is 0. The zero-order valence-corrected chi connectivity index (χ0v) is 16.1. The van der Waals surface area contributed by atoms with Gasteiger partial charge in [-0.15, -0.1) is 0 Å². The van der Waals surface area contributed by atoms with Crippen molar-refractivity contribution < 1.29 is 4.79 Å². The van der Waals surface area contributed by atoms with Crippen molar-refractivity contribution in [1.29, 1.82) is 0 Å². The van der Waals surface area contributed by atoms with Gasteiger partial charge in [0.05, 0.1) is 6.20 Å². The van der Waals surface area contributed by atoms with E-state index in [0.717, 1.165) is 48.8 Å². The minimum absolute atomic E-state index is 0.0108. The maximum absolute atomic E-state index is 12.7. The van der Waals surface area contributed by atoms with Crippen LogP contribution in [0, 0.1) is 5.92 Å². The highest BCUT2D eigenvalue weighted by Crippen LogP contribution is 2.38. The number of carbonyl (C=O) groups is 1. The molecule has 5 rings (SSSR count). The molecule has 2 aromatic heterocycles. The van der Waals surface area contributed by atoms with Crippen molar-refractivity contribution in [3.05, 3.63) is 48.7 Å². The lowest BCUT2D eigenvalue weighted by molar-refractivity contribution is -0.120. The Hall–Kier alpha value is -3.29. The number of H-pyrrole nitrogens is 1. The summed E-state index contributed by atoms with van der Waals surface area (Å²) in [5, 5.41) is 10.4. The molecule has 1 saturated carbocycles. The number of aromatic amines is 1. The van der Waals surface area contributed by atoms with Crippen molar-refractivity contribution >= 4 is 17.4 Å². The number of nitrogens with one attached hydrogen (secondary N) is 2. The van der Waals surface area contributed by atoms with E-state index in [4.69, 9.17) is 0 Å². The van der Waals surface area contributed by atoms with Crippen molar-refractivity contribution in [2.24, 2.45) is 5.92 Å². The first kappa shape index (κ1) is 17.8. The average Bonchev–Trinajstić information content (AvgIpc) is 3.52. The van der Waals surface area contributed by atoms with Crippen LogP contribution in [0.4, 0.5) is 11.5 Å². The zero-order valence-electron chi connectivity index (χ0n) is 16.1. The molecule has 2 aliphatic rings. The van der Waals surface area contributed by atoms with Gasteiger partial charge in [0, 0.05) is 48.6 Å². The molecule has 1 aliphatic carbocycles. The van der Waals surface area contributed by atoms with Crippen molar-refractivity contribution in [3.8, 4) is 11.4 Å². The molecule has 1 amide bonds. The molecule has 8 nitrogen and oxygen atoms in total. The number of benzene rings is 1. The SMILES string of the molecule is O=C(Nc1ccc(-c2n[nH]c(C3CC3)n2)cc1)C1CCN(c2cnccn2)CC1. The van der Waals surface area contributed by atoms with Gasteiger partial charge < -0.3 is 10.2 Å². The maximum Gasteiger partial charge on any atom is 0.227 e. The zero-order chi connectivity index (χ0) is 19.6. The molecule has 0 spiro atoms. The van der Waals surface area contributed by atoms with Crippen LogP contribution >= 0.6 is 0 Å². The number of carbonyl (C=O) groups excluding carboxylic acids is 1. The third-order valence-electron chi connectivity index (χ3n) is 5.62. The Kier molecular flexibility index (Phi) is 4.67. The molecule has 0 unspecified atom stereocenters. The Morgan fingerprint density at radius 1 is 1.07 bits per heavy atom. The van der Waals surface area contributed by atoms with Gasteiger partial charge in [0.1, 0.15) is 11.6 Å². The number of hydrogen-bond acceptors (Lipinski definition) is 6. The number of hydrogen-bond donors (Lipinski definition) is 2. The first-order chi connectivity index (χ1) is 14.3. The quantitative estimate of drug-likeness (QED) is 0.696. The molecular weight excluding hydrogens is 366 g/mol. The monoisotopic (exact) mass is 389 g/mol. The summed E-state index contributed by atoms with van der Waals surface area (Å²) >= 11 is 0.